The highest BCUT2D eigenvalue weighted by Crippen LogP contribution is 2.37. The molecule has 2 aliphatic heterocycles. The van der Waals surface area contributed by atoms with Crippen molar-refractivity contribution in [1.29, 1.82) is 0 Å². The van der Waals surface area contributed by atoms with E-state index in [1.807, 2.05) is 12.1 Å². The third-order valence-electron chi connectivity index (χ3n) is 4.92. The van der Waals surface area contributed by atoms with Crippen LogP contribution in [-0.2, 0) is 11.3 Å². The summed E-state index contributed by atoms with van der Waals surface area (Å²) in [5.41, 5.74) is 2.38. The highest BCUT2D eigenvalue weighted by Gasteiger charge is 2.36. The molecule has 0 saturated carbocycles. The van der Waals surface area contributed by atoms with E-state index < -0.39 is 0 Å². The lowest BCUT2D eigenvalue weighted by Crippen LogP contribution is -2.51. The van der Waals surface area contributed by atoms with Crippen LogP contribution in [0.15, 0.2) is 51.4 Å². The maximum absolute atomic E-state index is 6.37. The van der Waals surface area contributed by atoms with E-state index in [1.165, 1.54) is 5.56 Å². The number of nitrogens with one attached hydrogen (secondary N) is 1. The van der Waals surface area contributed by atoms with Crippen LogP contribution in [0, 0.1) is 0 Å². The molecule has 0 aliphatic carbocycles. The van der Waals surface area contributed by atoms with Crippen LogP contribution in [0.2, 0.25) is 0 Å². The topological polar surface area (TPSA) is 33.7 Å². The predicted molar refractivity (Wildman–Crippen MR) is 124 cm³/mol. The quantitative estimate of drug-likeness (QED) is 0.578. The molecule has 2 aromatic rings. The van der Waals surface area contributed by atoms with Gasteiger partial charge in [-0.2, -0.15) is 0 Å². The Morgan fingerprint density at radius 1 is 1.04 bits per heavy atom. The van der Waals surface area contributed by atoms with Gasteiger partial charge >= 0.3 is 0 Å². The SMILES string of the molecule is Brc1cc(Br)cc(CO[C@H]2COc3ccccc3[C@@H]2N2CCNCC2)c1.Cl.Cl. The molecule has 4 rings (SSSR count). The molecule has 1 saturated heterocycles. The van der Waals surface area contributed by atoms with Crippen LogP contribution in [-0.4, -0.2) is 43.8 Å². The Hall–Kier alpha value is -0.340. The fraction of sp³-hybridized carbons (Fsp3) is 0.400. The fourth-order valence-electron chi connectivity index (χ4n) is 3.75. The molecule has 0 amide bonds. The number of fused-ring (bicyclic) bond motifs is 1. The minimum Gasteiger partial charge on any atom is -0.490 e. The zero-order chi connectivity index (χ0) is 17.9. The van der Waals surface area contributed by atoms with Crippen molar-refractivity contribution in [3.05, 3.63) is 62.5 Å². The fourth-order valence-corrected chi connectivity index (χ4v) is 5.14. The van der Waals surface area contributed by atoms with Gasteiger partial charge in [0.25, 0.3) is 0 Å². The Kier molecular flexibility index (Phi) is 9.54. The Balaban J connectivity index is 0.00000140. The van der Waals surface area contributed by atoms with Crippen LogP contribution in [0.25, 0.3) is 0 Å². The number of hydrogen-bond acceptors (Lipinski definition) is 4. The van der Waals surface area contributed by atoms with E-state index in [0.717, 1.165) is 46.4 Å². The van der Waals surface area contributed by atoms with Crippen LogP contribution in [0.1, 0.15) is 17.2 Å². The van der Waals surface area contributed by atoms with E-state index in [9.17, 15) is 0 Å². The smallest absolute Gasteiger partial charge is 0.124 e. The van der Waals surface area contributed by atoms with Crippen molar-refractivity contribution < 1.29 is 9.47 Å². The van der Waals surface area contributed by atoms with Crippen molar-refractivity contribution in [3.63, 3.8) is 0 Å². The summed E-state index contributed by atoms with van der Waals surface area (Å²) in [5, 5.41) is 3.44. The first-order chi connectivity index (χ1) is 12.7. The van der Waals surface area contributed by atoms with E-state index in [0.29, 0.717) is 13.2 Å². The predicted octanol–water partition coefficient (Wildman–Crippen LogP) is 4.98. The van der Waals surface area contributed by atoms with Crippen molar-refractivity contribution in [2.45, 2.75) is 18.8 Å². The summed E-state index contributed by atoms with van der Waals surface area (Å²) >= 11 is 7.10. The van der Waals surface area contributed by atoms with E-state index >= 15 is 0 Å². The van der Waals surface area contributed by atoms with Gasteiger partial charge in [0.1, 0.15) is 18.5 Å². The number of hydrogen-bond donors (Lipinski definition) is 1. The molecule has 2 aliphatic rings. The maximum Gasteiger partial charge on any atom is 0.124 e. The molecule has 2 heterocycles. The Labute approximate surface area is 195 Å². The second-order valence-electron chi connectivity index (χ2n) is 6.71. The summed E-state index contributed by atoms with van der Waals surface area (Å²) in [6, 6.07) is 14.8. The molecule has 0 unspecified atom stereocenters. The lowest BCUT2D eigenvalue weighted by Gasteiger charge is -2.42. The minimum atomic E-state index is 0. The van der Waals surface area contributed by atoms with Gasteiger partial charge in [-0.05, 0) is 29.8 Å². The number of piperazine rings is 1. The zero-order valence-corrected chi connectivity index (χ0v) is 20.1. The van der Waals surface area contributed by atoms with Gasteiger partial charge in [-0.15, -0.1) is 24.8 Å². The van der Waals surface area contributed by atoms with Crippen LogP contribution >= 0.6 is 56.7 Å². The molecule has 1 fully saturated rings. The molecule has 154 valence electrons. The van der Waals surface area contributed by atoms with Crippen LogP contribution in [0.4, 0.5) is 0 Å². The van der Waals surface area contributed by atoms with Crippen LogP contribution in [0.3, 0.4) is 0 Å². The van der Waals surface area contributed by atoms with Crippen molar-refractivity contribution in [1.82, 2.24) is 10.2 Å². The van der Waals surface area contributed by atoms with E-state index in [4.69, 9.17) is 9.47 Å². The molecule has 0 radical (unpaired) electrons. The number of para-hydroxylation sites is 1. The molecule has 4 nitrogen and oxygen atoms in total. The number of rotatable bonds is 4. The van der Waals surface area contributed by atoms with E-state index in [-0.39, 0.29) is 37.0 Å². The average molecular weight is 555 g/mol. The van der Waals surface area contributed by atoms with Crippen molar-refractivity contribution in [3.8, 4) is 5.75 Å². The minimum absolute atomic E-state index is 0. The van der Waals surface area contributed by atoms with Gasteiger partial charge in [0.05, 0.1) is 12.6 Å². The second kappa shape index (κ2) is 11.2. The van der Waals surface area contributed by atoms with Crippen molar-refractivity contribution >= 4 is 56.7 Å². The van der Waals surface area contributed by atoms with Gasteiger partial charge < -0.3 is 14.8 Å². The third kappa shape index (κ3) is 5.63. The maximum atomic E-state index is 6.37. The molecule has 28 heavy (non-hydrogen) atoms. The lowest BCUT2D eigenvalue weighted by molar-refractivity contribution is -0.0617. The van der Waals surface area contributed by atoms with Gasteiger partial charge in [0.15, 0.2) is 0 Å². The average Bonchev–Trinajstić information content (AvgIpc) is 2.66. The van der Waals surface area contributed by atoms with E-state index in [2.05, 4.69) is 72.4 Å². The number of benzene rings is 2. The molecular weight excluding hydrogens is 531 g/mol. The molecule has 2 atom stereocenters. The zero-order valence-electron chi connectivity index (χ0n) is 15.3. The Morgan fingerprint density at radius 2 is 1.71 bits per heavy atom. The summed E-state index contributed by atoms with van der Waals surface area (Å²) < 4.78 is 14.5. The molecule has 8 heteroatoms. The molecule has 0 spiro atoms. The summed E-state index contributed by atoms with van der Waals surface area (Å²) in [6.45, 7) is 5.25. The third-order valence-corrected chi connectivity index (χ3v) is 5.84. The second-order valence-corrected chi connectivity index (χ2v) is 8.54. The van der Waals surface area contributed by atoms with Gasteiger partial charge in [0.2, 0.25) is 0 Å². The molecule has 2 aromatic carbocycles. The first kappa shape index (κ1) is 23.9. The largest absolute Gasteiger partial charge is 0.490 e. The number of nitrogens with zero attached hydrogens (tertiary/aromatic N) is 1. The molecular formula is C20H24Br2Cl2N2O2. The van der Waals surface area contributed by atoms with Gasteiger partial charge in [-0.25, -0.2) is 0 Å². The van der Waals surface area contributed by atoms with Crippen molar-refractivity contribution in [2.24, 2.45) is 0 Å². The normalized spacial score (nSPS) is 21.6. The van der Waals surface area contributed by atoms with E-state index in [1.54, 1.807) is 0 Å². The highest BCUT2D eigenvalue weighted by molar-refractivity contribution is 9.11. The van der Waals surface area contributed by atoms with Gasteiger partial charge in [-0.1, -0.05) is 50.1 Å². The first-order valence-electron chi connectivity index (χ1n) is 8.94. The van der Waals surface area contributed by atoms with Crippen molar-refractivity contribution in [2.75, 3.05) is 32.8 Å². The number of ether oxygens (including phenoxy) is 2. The highest BCUT2D eigenvalue weighted by atomic mass is 79.9. The lowest BCUT2D eigenvalue weighted by atomic mass is 9.95. The summed E-state index contributed by atoms with van der Waals surface area (Å²) in [5.74, 6) is 0.987. The Morgan fingerprint density at radius 3 is 2.43 bits per heavy atom. The Bertz CT molecular complexity index is 755. The van der Waals surface area contributed by atoms with Crippen LogP contribution in [0.5, 0.6) is 5.75 Å². The van der Waals surface area contributed by atoms with Gasteiger partial charge in [0, 0.05) is 40.7 Å². The number of halogens is 4. The summed E-state index contributed by atoms with van der Waals surface area (Å²) in [4.78, 5) is 2.53. The van der Waals surface area contributed by atoms with Gasteiger partial charge in [-0.3, -0.25) is 4.90 Å². The standard InChI is InChI=1S/C20H22Br2N2O2.2ClH/c21-15-9-14(10-16(22)11-15)12-25-19-13-26-18-4-2-1-3-17(18)20(19)24-7-5-23-6-8-24;;/h1-4,9-11,19-20,23H,5-8,12-13H2;2*1H/t19-,20-;;/m0../s1. The summed E-state index contributed by atoms with van der Waals surface area (Å²) in [7, 11) is 0. The first-order valence-corrected chi connectivity index (χ1v) is 10.5. The van der Waals surface area contributed by atoms with Crippen LogP contribution < -0.4 is 10.1 Å². The molecule has 1 N–H and O–H groups in total. The molecule has 0 bridgehead atoms. The molecule has 0 aromatic heterocycles. The monoisotopic (exact) mass is 552 g/mol. The summed E-state index contributed by atoms with van der Waals surface area (Å²) in [6.07, 6.45) is 0.0146.